The lowest BCUT2D eigenvalue weighted by atomic mass is 10.2. The average Bonchev–Trinajstić information content (AvgIpc) is 3.29. The molecule has 154 valence electrons. The highest BCUT2D eigenvalue weighted by molar-refractivity contribution is 5.93. The van der Waals surface area contributed by atoms with Gasteiger partial charge in [0.1, 0.15) is 24.0 Å². The molecule has 0 aromatic carbocycles. The van der Waals surface area contributed by atoms with Crippen LogP contribution >= 0.6 is 0 Å². The van der Waals surface area contributed by atoms with Gasteiger partial charge in [0.15, 0.2) is 0 Å². The number of carbonyl (C=O) groups excluding carboxylic acids is 2. The van der Waals surface area contributed by atoms with Crippen molar-refractivity contribution >= 4 is 11.9 Å². The number of esters is 1. The van der Waals surface area contributed by atoms with Crippen LogP contribution in [0, 0.1) is 0 Å². The number of rotatable bonds is 6. The quantitative estimate of drug-likeness (QED) is 0.499. The zero-order valence-electron chi connectivity index (χ0n) is 15.4. The highest BCUT2D eigenvalue weighted by Gasteiger charge is 2.38. The van der Waals surface area contributed by atoms with Crippen molar-refractivity contribution in [3.63, 3.8) is 0 Å². The summed E-state index contributed by atoms with van der Waals surface area (Å²) >= 11 is 0. The van der Waals surface area contributed by atoms with Crippen LogP contribution in [0.25, 0.3) is 0 Å². The molecular weight excluding hydrogens is 374 g/mol. The molecule has 1 aromatic heterocycles. The minimum Gasteiger partial charge on any atom is -0.460 e. The molecule has 4 atom stereocenters. The molecule has 2 aliphatic rings. The monoisotopic (exact) mass is 397 g/mol. The Bertz CT molecular complexity index is 842. The third kappa shape index (κ3) is 4.49. The van der Waals surface area contributed by atoms with Crippen molar-refractivity contribution in [2.45, 2.75) is 50.7 Å². The minimum absolute atomic E-state index is 0.0910. The summed E-state index contributed by atoms with van der Waals surface area (Å²) in [6.07, 6.45) is 0.381. The van der Waals surface area contributed by atoms with Gasteiger partial charge in [-0.25, -0.2) is 4.79 Å². The summed E-state index contributed by atoms with van der Waals surface area (Å²) in [6, 6.07) is 0. The number of aliphatic hydroxyl groups is 1. The van der Waals surface area contributed by atoms with Crippen molar-refractivity contribution in [3.8, 4) is 0 Å². The van der Waals surface area contributed by atoms with Crippen molar-refractivity contribution in [1.82, 2.24) is 14.9 Å². The van der Waals surface area contributed by atoms with E-state index < -0.39 is 48.2 Å². The first kappa shape index (κ1) is 20.2. The number of amides is 1. The van der Waals surface area contributed by atoms with Crippen LogP contribution in [0.1, 0.15) is 42.8 Å². The van der Waals surface area contributed by atoms with Gasteiger partial charge in [0.2, 0.25) is 0 Å². The van der Waals surface area contributed by atoms with Crippen LogP contribution in [0.15, 0.2) is 15.8 Å². The maximum Gasteiger partial charge on any atom is 0.330 e. The van der Waals surface area contributed by atoms with Crippen LogP contribution in [0.4, 0.5) is 0 Å². The summed E-state index contributed by atoms with van der Waals surface area (Å²) in [7, 11) is 0. The summed E-state index contributed by atoms with van der Waals surface area (Å²) in [5.74, 6) is -1.19. The molecule has 2 saturated heterocycles. The molecule has 0 saturated carbocycles. The number of nitrogens with one attached hydrogen (secondary N) is 2. The maximum atomic E-state index is 12.4. The van der Waals surface area contributed by atoms with Gasteiger partial charge in [-0.2, -0.15) is 0 Å². The third-order valence-electron chi connectivity index (χ3n) is 4.71. The van der Waals surface area contributed by atoms with E-state index in [4.69, 9.17) is 14.2 Å². The Hall–Kier alpha value is -2.50. The first-order chi connectivity index (χ1) is 13.4. The Morgan fingerprint density at radius 2 is 2.21 bits per heavy atom. The fraction of sp³-hybridized carbons (Fsp3) is 0.647. The summed E-state index contributed by atoms with van der Waals surface area (Å²) in [5, 5.41) is 12.0. The van der Waals surface area contributed by atoms with Crippen molar-refractivity contribution in [2.75, 3.05) is 19.8 Å². The number of aromatic nitrogens is 2. The summed E-state index contributed by atoms with van der Waals surface area (Å²) in [6.45, 7) is 1.71. The Kier molecular flexibility index (Phi) is 6.27. The van der Waals surface area contributed by atoms with E-state index in [0.29, 0.717) is 6.61 Å². The predicted molar refractivity (Wildman–Crippen MR) is 93.8 cm³/mol. The Balaban J connectivity index is 1.77. The fourth-order valence-electron chi connectivity index (χ4n) is 3.34. The van der Waals surface area contributed by atoms with Gasteiger partial charge in [-0.3, -0.25) is 23.9 Å². The highest BCUT2D eigenvalue weighted by Crippen LogP contribution is 2.29. The van der Waals surface area contributed by atoms with Gasteiger partial charge >= 0.3 is 11.7 Å². The summed E-state index contributed by atoms with van der Waals surface area (Å²) in [5.41, 5.74) is -1.84. The molecule has 3 rings (SSSR count). The van der Waals surface area contributed by atoms with Crippen LogP contribution in [-0.4, -0.2) is 64.6 Å². The Labute approximate surface area is 159 Å². The topological polar surface area (TPSA) is 149 Å². The molecule has 1 aromatic rings. The number of aromatic amines is 1. The van der Waals surface area contributed by atoms with E-state index >= 15 is 0 Å². The minimum atomic E-state index is -0.907. The van der Waals surface area contributed by atoms with Crippen LogP contribution in [0.5, 0.6) is 0 Å². The number of hydrogen-bond acceptors (Lipinski definition) is 8. The molecule has 2 fully saturated rings. The van der Waals surface area contributed by atoms with Gasteiger partial charge in [0.25, 0.3) is 11.5 Å². The molecule has 0 spiro atoms. The van der Waals surface area contributed by atoms with Gasteiger partial charge in [0, 0.05) is 32.7 Å². The summed E-state index contributed by atoms with van der Waals surface area (Å²) in [4.78, 5) is 49.9. The molecule has 0 bridgehead atoms. The lowest BCUT2D eigenvalue weighted by Gasteiger charge is -2.16. The van der Waals surface area contributed by atoms with Crippen molar-refractivity contribution in [2.24, 2.45) is 0 Å². The van der Waals surface area contributed by atoms with Gasteiger partial charge in [-0.05, 0) is 12.8 Å². The van der Waals surface area contributed by atoms with Crippen molar-refractivity contribution in [1.29, 1.82) is 0 Å². The van der Waals surface area contributed by atoms with Crippen molar-refractivity contribution in [3.05, 3.63) is 32.6 Å². The maximum absolute atomic E-state index is 12.4. The van der Waals surface area contributed by atoms with Crippen molar-refractivity contribution < 1.29 is 28.9 Å². The molecule has 3 heterocycles. The normalized spacial score (nSPS) is 26.9. The molecule has 2 aliphatic heterocycles. The van der Waals surface area contributed by atoms with E-state index in [9.17, 15) is 24.3 Å². The van der Waals surface area contributed by atoms with Gasteiger partial charge in [0.05, 0.1) is 12.7 Å². The third-order valence-corrected chi connectivity index (χ3v) is 4.71. The van der Waals surface area contributed by atoms with E-state index in [1.54, 1.807) is 0 Å². The summed E-state index contributed by atoms with van der Waals surface area (Å²) < 4.78 is 17.1. The molecule has 1 unspecified atom stereocenters. The lowest BCUT2D eigenvalue weighted by molar-refractivity contribution is -0.150. The first-order valence-corrected chi connectivity index (χ1v) is 9.08. The molecular formula is C17H23N3O8. The number of H-pyrrole nitrogens is 1. The molecule has 0 radical (unpaired) electrons. The van der Waals surface area contributed by atoms with E-state index in [1.165, 1.54) is 6.92 Å². The fourth-order valence-corrected chi connectivity index (χ4v) is 3.34. The van der Waals surface area contributed by atoms with E-state index in [2.05, 4.69) is 10.3 Å². The second kappa shape index (κ2) is 8.67. The molecule has 28 heavy (non-hydrogen) atoms. The van der Waals surface area contributed by atoms with Crippen LogP contribution in [-0.2, 0) is 19.0 Å². The molecule has 0 aliphatic carbocycles. The second-order valence-electron chi connectivity index (χ2n) is 6.75. The van der Waals surface area contributed by atoms with Crippen LogP contribution < -0.4 is 16.6 Å². The molecule has 3 N–H and O–H groups in total. The first-order valence-electron chi connectivity index (χ1n) is 9.08. The predicted octanol–water partition coefficient (Wildman–Crippen LogP) is -1.34. The zero-order valence-corrected chi connectivity index (χ0v) is 15.4. The van der Waals surface area contributed by atoms with Gasteiger partial charge in [-0.15, -0.1) is 0 Å². The average molecular weight is 397 g/mol. The molecule has 11 heteroatoms. The van der Waals surface area contributed by atoms with Gasteiger partial charge < -0.3 is 24.6 Å². The zero-order chi connectivity index (χ0) is 20.3. The largest absolute Gasteiger partial charge is 0.460 e. The van der Waals surface area contributed by atoms with Crippen LogP contribution in [0.3, 0.4) is 0 Å². The molecule has 11 nitrogen and oxygen atoms in total. The SMILES string of the molecule is CC(=O)O[C@@H]1C[C@H](n2cc(C(=O)NC[C@H]3CCCO3)c(=O)[nH]c2=O)OC1CO. The Morgan fingerprint density at radius 1 is 1.43 bits per heavy atom. The smallest absolute Gasteiger partial charge is 0.330 e. The number of ether oxygens (including phenoxy) is 3. The number of hydrogen-bond donors (Lipinski definition) is 3. The Morgan fingerprint density at radius 3 is 2.86 bits per heavy atom. The lowest BCUT2D eigenvalue weighted by Crippen LogP contribution is -2.40. The number of aliphatic hydroxyl groups excluding tert-OH is 1. The molecule has 1 amide bonds. The standard InChI is InChI=1S/C17H23N3O8/c1-9(22)27-12-5-14(28-13(12)8-21)20-7-11(16(24)19-17(20)25)15(23)18-6-10-3-2-4-26-10/h7,10,12-14,21H,2-6,8H2,1H3,(H,18,23)(H,19,24,25)/t10-,12-,13?,14-/m1/s1. The van der Waals surface area contributed by atoms with E-state index in [-0.39, 0.29) is 24.6 Å². The van der Waals surface area contributed by atoms with E-state index in [0.717, 1.165) is 23.6 Å². The van der Waals surface area contributed by atoms with E-state index in [1.807, 2.05) is 0 Å². The number of nitrogens with zero attached hydrogens (tertiary/aromatic N) is 1. The van der Waals surface area contributed by atoms with Crippen LogP contribution in [0.2, 0.25) is 0 Å². The highest BCUT2D eigenvalue weighted by atomic mass is 16.6. The number of carbonyl (C=O) groups is 2. The van der Waals surface area contributed by atoms with Gasteiger partial charge in [-0.1, -0.05) is 0 Å². The second-order valence-corrected chi connectivity index (χ2v) is 6.75.